The van der Waals surface area contributed by atoms with Gasteiger partial charge >= 0.3 is 0 Å². The highest BCUT2D eigenvalue weighted by Gasteiger charge is 2.38. The molecule has 1 aromatic rings. The van der Waals surface area contributed by atoms with Crippen LogP contribution in [0, 0.1) is 5.92 Å². The predicted molar refractivity (Wildman–Crippen MR) is 80.8 cm³/mol. The van der Waals surface area contributed by atoms with Crippen LogP contribution < -0.4 is 10.5 Å². The highest BCUT2D eigenvalue weighted by Crippen LogP contribution is 2.36. The van der Waals surface area contributed by atoms with E-state index in [2.05, 4.69) is 0 Å². The summed E-state index contributed by atoms with van der Waals surface area (Å²) in [4.78, 5) is 0.273. The molecule has 114 valence electrons. The molecule has 1 aromatic carbocycles. The molecule has 0 aliphatic heterocycles. The average Bonchev–Trinajstić information content (AvgIpc) is 3.24. The van der Waals surface area contributed by atoms with Gasteiger partial charge in [-0.15, -0.1) is 12.4 Å². The summed E-state index contributed by atoms with van der Waals surface area (Å²) in [6.45, 7) is 0.358. The van der Waals surface area contributed by atoms with Crippen LogP contribution in [0.2, 0.25) is 0 Å². The third-order valence-corrected chi connectivity index (χ3v) is 5.51. The van der Waals surface area contributed by atoms with E-state index in [-0.39, 0.29) is 23.3 Å². The zero-order valence-electron chi connectivity index (χ0n) is 11.7. The van der Waals surface area contributed by atoms with Gasteiger partial charge in [-0.25, -0.2) is 8.42 Å². The van der Waals surface area contributed by atoms with Gasteiger partial charge in [0.15, 0.2) is 0 Å². The lowest BCUT2D eigenvalue weighted by atomic mass is 10.2. The monoisotopic (exact) mass is 320 g/mol. The molecule has 1 saturated carbocycles. The summed E-state index contributed by atoms with van der Waals surface area (Å²) < 4.78 is 31.4. The standard InChI is InChI=1S/C13H20N2O3S.ClH/c1-15(13(9-14)10-3-4-10)19(16,17)12-7-5-11(18-2)6-8-12;/h5-8,10,13H,3-4,9,14H2,1-2H3;1H. The number of hydrogen-bond acceptors (Lipinski definition) is 4. The molecule has 2 N–H and O–H groups in total. The van der Waals surface area contributed by atoms with Crippen LogP contribution in [-0.2, 0) is 10.0 Å². The van der Waals surface area contributed by atoms with Crippen molar-refractivity contribution in [2.24, 2.45) is 11.7 Å². The quantitative estimate of drug-likeness (QED) is 0.861. The van der Waals surface area contributed by atoms with Gasteiger partial charge in [-0.2, -0.15) is 4.31 Å². The summed E-state index contributed by atoms with van der Waals surface area (Å²) in [6.07, 6.45) is 2.12. The first-order valence-corrected chi connectivity index (χ1v) is 7.77. The Morgan fingerprint density at radius 2 is 1.90 bits per heavy atom. The van der Waals surface area contributed by atoms with Crippen LogP contribution in [0.25, 0.3) is 0 Å². The molecule has 1 fully saturated rings. The van der Waals surface area contributed by atoms with E-state index in [0.29, 0.717) is 18.2 Å². The Kier molecular flexibility index (Phi) is 5.82. The van der Waals surface area contributed by atoms with Crippen molar-refractivity contribution in [3.05, 3.63) is 24.3 Å². The lowest BCUT2D eigenvalue weighted by Gasteiger charge is -2.26. The molecule has 2 rings (SSSR count). The molecule has 0 aromatic heterocycles. The Morgan fingerprint density at radius 3 is 2.30 bits per heavy atom. The fraction of sp³-hybridized carbons (Fsp3) is 0.538. The van der Waals surface area contributed by atoms with Gasteiger partial charge in [-0.05, 0) is 43.0 Å². The second kappa shape index (κ2) is 6.76. The molecule has 7 heteroatoms. The minimum Gasteiger partial charge on any atom is -0.497 e. The highest BCUT2D eigenvalue weighted by atomic mass is 35.5. The molecule has 1 aliphatic carbocycles. The number of methoxy groups -OCH3 is 1. The SMILES string of the molecule is COc1ccc(S(=O)(=O)N(C)C(CN)C2CC2)cc1.Cl. The van der Waals surface area contributed by atoms with Crippen molar-refractivity contribution < 1.29 is 13.2 Å². The topological polar surface area (TPSA) is 72.6 Å². The van der Waals surface area contributed by atoms with Crippen LogP contribution >= 0.6 is 12.4 Å². The van der Waals surface area contributed by atoms with E-state index in [0.717, 1.165) is 12.8 Å². The largest absolute Gasteiger partial charge is 0.497 e. The van der Waals surface area contributed by atoms with Crippen LogP contribution in [0.1, 0.15) is 12.8 Å². The van der Waals surface area contributed by atoms with E-state index in [1.54, 1.807) is 38.4 Å². The van der Waals surface area contributed by atoms with E-state index >= 15 is 0 Å². The number of likely N-dealkylation sites (N-methyl/N-ethyl adjacent to an activating group) is 1. The maximum absolute atomic E-state index is 12.5. The van der Waals surface area contributed by atoms with Crippen LogP contribution in [-0.4, -0.2) is 39.5 Å². The van der Waals surface area contributed by atoms with Gasteiger partial charge in [0, 0.05) is 19.6 Å². The van der Waals surface area contributed by atoms with Crippen molar-refractivity contribution >= 4 is 22.4 Å². The van der Waals surface area contributed by atoms with E-state index in [1.165, 1.54) is 4.31 Å². The van der Waals surface area contributed by atoms with Gasteiger partial charge < -0.3 is 10.5 Å². The Hall–Kier alpha value is -0.820. The summed E-state index contributed by atoms with van der Waals surface area (Å²) in [5, 5.41) is 0. The Morgan fingerprint density at radius 1 is 1.35 bits per heavy atom. The van der Waals surface area contributed by atoms with Crippen molar-refractivity contribution in [1.29, 1.82) is 0 Å². The third kappa shape index (κ3) is 3.44. The number of halogens is 1. The number of nitrogens with zero attached hydrogens (tertiary/aromatic N) is 1. The molecule has 0 saturated heterocycles. The summed E-state index contributed by atoms with van der Waals surface area (Å²) >= 11 is 0. The molecule has 0 amide bonds. The minimum atomic E-state index is -3.48. The van der Waals surface area contributed by atoms with Gasteiger partial charge in [-0.3, -0.25) is 0 Å². The molecule has 0 radical (unpaired) electrons. The second-order valence-electron chi connectivity index (χ2n) is 4.84. The van der Waals surface area contributed by atoms with Crippen LogP contribution in [0.4, 0.5) is 0 Å². The fourth-order valence-electron chi connectivity index (χ4n) is 2.21. The van der Waals surface area contributed by atoms with E-state index in [1.807, 2.05) is 0 Å². The van der Waals surface area contributed by atoms with E-state index in [4.69, 9.17) is 10.5 Å². The molecule has 1 atom stereocenters. The van der Waals surface area contributed by atoms with E-state index in [9.17, 15) is 8.42 Å². The molecule has 0 bridgehead atoms. The lowest BCUT2D eigenvalue weighted by Crippen LogP contribution is -2.43. The van der Waals surface area contributed by atoms with Gasteiger partial charge in [0.2, 0.25) is 10.0 Å². The third-order valence-electron chi connectivity index (χ3n) is 3.61. The summed E-state index contributed by atoms with van der Waals surface area (Å²) in [5.74, 6) is 1.04. The molecular weight excluding hydrogens is 300 g/mol. The maximum Gasteiger partial charge on any atom is 0.243 e. The Bertz CT molecular complexity index is 529. The van der Waals surface area contributed by atoms with Gasteiger partial charge in [-0.1, -0.05) is 0 Å². The molecule has 1 unspecified atom stereocenters. The first-order valence-electron chi connectivity index (χ1n) is 6.33. The summed E-state index contributed by atoms with van der Waals surface area (Å²) in [6, 6.07) is 6.31. The van der Waals surface area contributed by atoms with Gasteiger partial charge in [0.25, 0.3) is 0 Å². The first-order chi connectivity index (χ1) is 9.00. The summed E-state index contributed by atoms with van der Waals surface area (Å²) in [7, 11) is -0.327. The van der Waals surface area contributed by atoms with E-state index < -0.39 is 10.0 Å². The predicted octanol–water partition coefficient (Wildman–Crippen LogP) is 1.47. The Labute approximate surface area is 126 Å². The molecule has 5 nitrogen and oxygen atoms in total. The smallest absolute Gasteiger partial charge is 0.243 e. The normalized spacial score (nSPS) is 16.6. The van der Waals surface area contributed by atoms with Crippen LogP contribution in [0.5, 0.6) is 5.75 Å². The number of nitrogens with two attached hydrogens (primary N) is 1. The van der Waals surface area contributed by atoms with Crippen molar-refractivity contribution in [2.45, 2.75) is 23.8 Å². The second-order valence-corrected chi connectivity index (χ2v) is 6.83. The minimum absolute atomic E-state index is 0. The van der Waals surface area contributed by atoms with Crippen LogP contribution in [0.3, 0.4) is 0 Å². The molecule has 0 spiro atoms. The van der Waals surface area contributed by atoms with Crippen LogP contribution in [0.15, 0.2) is 29.2 Å². The molecule has 0 heterocycles. The number of hydrogen-bond donors (Lipinski definition) is 1. The lowest BCUT2D eigenvalue weighted by molar-refractivity contribution is 0.340. The average molecular weight is 321 g/mol. The van der Waals surface area contributed by atoms with Crippen molar-refractivity contribution in [1.82, 2.24) is 4.31 Å². The number of rotatable bonds is 6. The number of benzene rings is 1. The van der Waals surface area contributed by atoms with Crippen molar-refractivity contribution in [2.75, 3.05) is 20.7 Å². The summed E-state index contributed by atoms with van der Waals surface area (Å²) in [5.41, 5.74) is 5.71. The van der Waals surface area contributed by atoms with Gasteiger partial charge in [0.1, 0.15) is 5.75 Å². The molecule has 1 aliphatic rings. The molecular formula is C13H21ClN2O3S. The zero-order valence-corrected chi connectivity index (χ0v) is 13.3. The number of sulfonamides is 1. The highest BCUT2D eigenvalue weighted by molar-refractivity contribution is 7.89. The molecule has 20 heavy (non-hydrogen) atoms. The fourth-order valence-corrected chi connectivity index (χ4v) is 3.64. The van der Waals surface area contributed by atoms with Gasteiger partial charge in [0.05, 0.1) is 12.0 Å². The van der Waals surface area contributed by atoms with Crippen molar-refractivity contribution in [3.8, 4) is 5.75 Å². The number of ether oxygens (including phenoxy) is 1. The zero-order chi connectivity index (χ0) is 14.0. The Balaban J connectivity index is 0.00000200. The van der Waals surface area contributed by atoms with Crippen molar-refractivity contribution in [3.63, 3.8) is 0 Å². The maximum atomic E-state index is 12.5. The first kappa shape index (κ1) is 17.2.